The third-order valence-corrected chi connectivity index (χ3v) is 4.08. The zero-order valence-corrected chi connectivity index (χ0v) is 14.3. The van der Waals surface area contributed by atoms with Crippen LogP contribution in [0.5, 0.6) is 5.75 Å². The third-order valence-electron chi connectivity index (χ3n) is 4.08. The first-order valence-corrected chi connectivity index (χ1v) is 7.89. The Morgan fingerprint density at radius 3 is 2.48 bits per heavy atom. The molecule has 0 aliphatic rings. The molecule has 2 unspecified atom stereocenters. The second-order valence-corrected chi connectivity index (χ2v) is 5.66. The first-order valence-electron chi connectivity index (χ1n) is 7.89. The number of allylic oxidation sites excluding steroid dienone is 2. The molecule has 1 aromatic rings. The van der Waals surface area contributed by atoms with Crippen LogP contribution in [0.15, 0.2) is 29.3 Å². The molecule has 0 saturated heterocycles. The fourth-order valence-electron chi connectivity index (χ4n) is 2.30. The van der Waals surface area contributed by atoms with Gasteiger partial charge in [-0.25, -0.2) is 0 Å². The molecule has 1 rings (SSSR count). The number of nitrogens with zero attached hydrogens (tertiary/aromatic N) is 1. The SMILES string of the molecule is CCC(C)/C=C(\C=NC)c1ccc(OC)c(C(C)CC)c1. The Hall–Kier alpha value is -1.57. The van der Waals surface area contributed by atoms with Crippen molar-refractivity contribution < 1.29 is 4.74 Å². The van der Waals surface area contributed by atoms with Crippen molar-refractivity contribution in [3.63, 3.8) is 0 Å². The third kappa shape index (κ3) is 4.73. The van der Waals surface area contributed by atoms with Crippen LogP contribution < -0.4 is 4.74 Å². The van der Waals surface area contributed by atoms with E-state index in [0.29, 0.717) is 11.8 Å². The molecule has 2 atom stereocenters. The Balaban J connectivity index is 3.30. The predicted molar refractivity (Wildman–Crippen MR) is 93.5 cm³/mol. The van der Waals surface area contributed by atoms with Crippen molar-refractivity contribution in [3.8, 4) is 5.75 Å². The normalized spacial score (nSPS) is 15.2. The average molecular weight is 287 g/mol. The van der Waals surface area contributed by atoms with E-state index in [1.807, 2.05) is 13.3 Å². The number of hydrogen-bond donors (Lipinski definition) is 0. The summed E-state index contributed by atoms with van der Waals surface area (Å²) in [5.74, 6) is 2.01. The molecule has 0 aromatic heterocycles. The molecule has 116 valence electrons. The van der Waals surface area contributed by atoms with Crippen LogP contribution in [-0.2, 0) is 0 Å². The molecule has 0 heterocycles. The Kier molecular flexibility index (Phi) is 7.21. The van der Waals surface area contributed by atoms with E-state index in [2.05, 4.69) is 57.0 Å². The maximum absolute atomic E-state index is 5.51. The lowest BCUT2D eigenvalue weighted by molar-refractivity contribution is 0.406. The minimum absolute atomic E-state index is 0.489. The van der Waals surface area contributed by atoms with Gasteiger partial charge in [0.2, 0.25) is 0 Å². The van der Waals surface area contributed by atoms with Gasteiger partial charge in [0.25, 0.3) is 0 Å². The molecule has 2 nitrogen and oxygen atoms in total. The second-order valence-electron chi connectivity index (χ2n) is 5.66. The average Bonchev–Trinajstić information content (AvgIpc) is 2.52. The van der Waals surface area contributed by atoms with E-state index in [1.54, 1.807) is 7.11 Å². The maximum Gasteiger partial charge on any atom is 0.122 e. The van der Waals surface area contributed by atoms with E-state index in [4.69, 9.17) is 4.74 Å². The molecule has 2 heteroatoms. The highest BCUT2D eigenvalue weighted by Crippen LogP contribution is 2.31. The van der Waals surface area contributed by atoms with E-state index < -0.39 is 0 Å². The summed E-state index contributed by atoms with van der Waals surface area (Å²) in [5.41, 5.74) is 3.69. The Morgan fingerprint density at radius 2 is 1.95 bits per heavy atom. The number of rotatable bonds is 7. The van der Waals surface area contributed by atoms with Gasteiger partial charge in [-0.15, -0.1) is 0 Å². The molecule has 0 amide bonds. The van der Waals surface area contributed by atoms with Crippen LogP contribution >= 0.6 is 0 Å². The topological polar surface area (TPSA) is 21.6 Å². The first-order chi connectivity index (χ1) is 10.1. The van der Waals surface area contributed by atoms with Gasteiger partial charge in [0.05, 0.1) is 7.11 Å². The van der Waals surface area contributed by atoms with E-state index >= 15 is 0 Å². The van der Waals surface area contributed by atoms with Crippen molar-refractivity contribution in [2.75, 3.05) is 14.2 Å². The summed E-state index contributed by atoms with van der Waals surface area (Å²) in [6, 6.07) is 6.45. The summed E-state index contributed by atoms with van der Waals surface area (Å²) in [5, 5.41) is 0. The van der Waals surface area contributed by atoms with Crippen molar-refractivity contribution in [3.05, 3.63) is 35.4 Å². The highest BCUT2D eigenvalue weighted by molar-refractivity contribution is 6.09. The van der Waals surface area contributed by atoms with Crippen molar-refractivity contribution in [1.82, 2.24) is 0 Å². The van der Waals surface area contributed by atoms with Crippen molar-refractivity contribution in [2.24, 2.45) is 10.9 Å². The summed E-state index contributed by atoms with van der Waals surface area (Å²) < 4.78 is 5.51. The minimum atomic E-state index is 0.489. The van der Waals surface area contributed by atoms with E-state index in [-0.39, 0.29) is 0 Å². The smallest absolute Gasteiger partial charge is 0.122 e. The lowest BCUT2D eigenvalue weighted by atomic mass is 9.92. The lowest BCUT2D eigenvalue weighted by Crippen LogP contribution is -1.99. The van der Waals surface area contributed by atoms with Crippen molar-refractivity contribution >= 4 is 11.8 Å². The molecule has 1 aromatic carbocycles. The molecule has 0 fully saturated rings. The highest BCUT2D eigenvalue weighted by atomic mass is 16.5. The van der Waals surface area contributed by atoms with Crippen LogP contribution in [0.3, 0.4) is 0 Å². The summed E-state index contributed by atoms with van der Waals surface area (Å²) in [7, 11) is 3.56. The molecular weight excluding hydrogens is 258 g/mol. The van der Waals surface area contributed by atoms with Crippen LogP contribution in [0.4, 0.5) is 0 Å². The summed E-state index contributed by atoms with van der Waals surface area (Å²) in [6.07, 6.45) is 6.49. The number of hydrogen-bond acceptors (Lipinski definition) is 2. The lowest BCUT2D eigenvalue weighted by Gasteiger charge is -2.16. The van der Waals surface area contributed by atoms with Gasteiger partial charge in [-0.3, -0.25) is 4.99 Å². The molecule has 21 heavy (non-hydrogen) atoms. The Labute approximate surface area is 129 Å². The molecule has 0 aliphatic heterocycles. The fraction of sp³-hybridized carbons (Fsp3) is 0.526. The standard InChI is InChI=1S/C19H29NO/c1-7-14(3)11-17(13-20-5)16-9-10-19(21-6)18(12-16)15(4)8-2/h9-15H,7-8H2,1-6H3/b17-11+,20-13?. The van der Waals surface area contributed by atoms with Gasteiger partial charge < -0.3 is 4.74 Å². The van der Waals surface area contributed by atoms with Crippen LogP contribution in [0, 0.1) is 5.92 Å². The van der Waals surface area contributed by atoms with E-state index in [9.17, 15) is 0 Å². The monoisotopic (exact) mass is 287 g/mol. The minimum Gasteiger partial charge on any atom is -0.496 e. The molecular formula is C19H29NO. The number of benzene rings is 1. The molecule has 0 N–H and O–H groups in total. The zero-order valence-electron chi connectivity index (χ0n) is 14.3. The number of methoxy groups -OCH3 is 1. The molecule has 0 saturated carbocycles. The summed E-state index contributed by atoms with van der Waals surface area (Å²) in [6.45, 7) is 8.90. The van der Waals surface area contributed by atoms with Crippen molar-refractivity contribution in [1.29, 1.82) is 0 Å². The molecule has 0 spiro atoms. The maximum atomic E-state index is 5.51. The van der Waals surface area contributed by atoms with Crippen LogP contribution in [0.2, 0.25) is 0 Å². The van der Waals surface area contributed by atoms with Gasteiger partial charge in [-0.2, -0.15) is 0 Å². The fourth-order valence-corrected chi connectivity index (χ4v) is 2.30. The summed E-state index contributed by atoms with van der Waals surface area (Å²) in [4.78, 5) is 4.21. The zero-order chi connectivity index (χ0) is 15.8. The van der Waals surface area contributed by atoms with E-state index in [0.717, 1.165) is 18.6 Å². The van der Waals surface area contributed by atoms with Gasteiger partial charge in [0.15, 0.2) is 0 Å². The number of aliphatic imine (C=N–C) groups is 1. The van der Waals surface area contributed by atoms with Crippen LogP contribution in [0.25, 0.3) is 5.57 Å². The largest absolute Gasteiger partial charge is 0.496 e. The molecule has 0 bridgehead atoms. The van der Waals surface area contributed by atoms with Gasteiger partial charge in [-0.1, -0.05) is 46.3 Å². The summed E-state index contributed by atoms with van der Waals surface area (Å²) >= 11 is 0. The second kappa shape index (κ2) is 8.66. The van der Waals surface area contributed by atoms with Gasteiger partial charge in [0, 0.05) is 13.3 Å². The van der Waals surface area contributed by atoms with E-state index in [1.165, 1.54) is 16.7 Å². The number of ether oxygens (including phenoxy) is 1. The predicted octanol–water partition coefficient (Wildman–Crippen LogP) is 5.34. The van der Waals surface area contributed by atoms with Gasteiger partial charge >= 0.3 is 0 Å². The van der Waals surface area contributed by atoms with Gasteiger partial charge in [0.1, 0.15) is 5.75 Å². The van der Waals surface area contributed by atoms with Crippen molar-refractivity contribution in [2.45, 2.75) is 46.5 Å². The molecule has 0 aliphatic carbocycles. The molecule has 0 radical (unpaired) electrons. The Bertz CT molecular complexity index is 502. The Morgan fingerprint density at radius 1 is 1.24 bits per heavy atom. The van der Waals surface area contributed by atoms with Crippen LogP contribution in [0.1, 0.15) is 57.6 Å². The first kappa shape index (κ1) is 17.5. The van der Waals surface area contributed by atoms with Crippen LogP contribution in [-0.4, -0.2) is 20.4 Å². The van der Waals surface area contributed by atoms with Gasteiger partial charge in [-0.05, 0) is 47.1 Å². The highest BCUT2D eigenvalue weighted by Gasteiger charge is 2.12. The quantitative estimate of drug-likeness (QED) is 0.620.